The molecule has 0 radical (unpaired) electrons. The van der Waals surface area contributed by atoms with Crippen LogP contribution in [0.4, 0.5) is 5.82 Å². The molecule has 0 unspecified atom stereocenters. The minimum absolute atomic E-state index is 0.142. The SMILES string of the molecule is CC(C)(CCN)CNc1ncncc1Cl. The van der Waals surface area contributed by atoms with E-state index in [-0.39, 0.29) is 5.41 Å². The molecule has 0 saturated carbocycles. The third-order valence-corrected chi connectivity index (χ3v) is 2.50. The number of hydrogen-bond acceptors (Lipinski definition) is 4. The summed E-state index contributed by atoms with van der Waals surface area (Å²) in [5.41, 5.74) is 5.68. The van der Waals surface area contributed by atoms with Crippen molar-refractivity contribution in [1.82, 2.24) is 9.97 Å². The molecule has 1 aromatic rings. The zero-order chi connectivity index (χ0) is 11.3. The fourth-order valence-electron chi connectivity index (χ4n) is 1.24. The molecular formula is C10H17ClN4. The van der Waals surface area contributed by atoms with Gasteiger partial charge in [0.05, 0.1) is 6.20 Å². The molecule has 0 saturated heterocycles. The van der Waals surface area contributed by atoms with Gasteiger partial charge >= 0.3 is 0 Å². The van der Waals surface area contributed by atoms with Crippen molar-refractivity contribution in [3.8, 4) is 0 Å². The summed E-state index contributed by atoms with van der Waals surface area (Å²) in [6.07, 6.45) is 4.01. The van der Waals surface area contributed by atoms with E-state index in [1.807, 2.05) is 0 Å². The summed E-state index contributed by atoms with van der Waals surface area (Å²) in [6.45, 7) is 5.79. The highest BCUT2D eigenvalue weighted by molar-refractivity contribution is 6.32. The van der Waals surface area contributed by atoms with Gasteiger partial charge in [-0.15, -0.1) is 0 Å². The van der Waals surface area contributed by atoms with Crippen LogP contribution in [0, 0.1) is 5.41 Å². The van der Waals surface area contributed by atoms with Gasteiger partial charge in [-0.05, 0) is 18.4 Å². The molecule has 5 heteroatoms. The first-order valence-electron chi connectivity index (χ1n) is 4.94. The van der Waals surface area contributed by atoms with E-state index in [0.717, 1.165) is 13.0 Å². The summed E-state index contributed by atoms with van der Waals surface area (Å²) in [6, 6.07) is 0. The maximum absolute atomic E-state index is 5.92. The predicted octanol–water partition coefficient (Wildman–Crippen LogP) is 1.92. The van der Waals surface area contributed by atoms with Crippen LogP contribution in [-0.4, -0.2) is 23.1 Å². The van der Waals surface area contributed by atoms with Crippen LogP contribution in [0.25, 0.3) is 0 Å². The van der Waals surface area contributed by atoms with Gasteiger partial charge in [-0.2, -0.15) is 0 Å². The van der Waals surface area contributed by atoms with Crippen LogP contribution >= 0.6 is 11.6 Å². The van der Waals surface area contributed by atoms with E-state index in [2.05, 4.69) is 29.1 Å². The lowest BCUT2D eigenvalue weighted by Crippen LogP contribution is -2.26. The maximum Gasteiger partial charge on any atom is 0.148 e. The molecule has 1 aromatic heterocycles. The van der Waals surface area contributed by atoms with Gasteiger partial charge in [0.25, 0.3) is 0 Å². The third kappa shape index (κ3) is 4.01. The number of rotatable bonds is 5. The van der Waals surface area contributed by atoms with Gasteiger partial charge in [0.2, 0.25) is 0 Å². The second-order valence-electron chi connectivity index (χ2n) is 4.28. The molecule has 1 heterocycles. The number of anilines is 1. The van der Waals surface area contributed by atoms with Gasteiger partial charge in [-0.1, -0.05) is 25.4 Å². The Balaban J connectivity index is 2.53. The number of aromatic nitrogens is 2. The topological polar surface area (TPSA) is 63.8 Å². The lowest BCUT2D eigenvalue weighted by atomic mass is 9.89. The molecule has 0 atom stereocenters. The fraction of sp³-hybridized carbons (Fsp3) is 0.600. The first kappa shape index (κ1) is 12.2. The molecule has 0 aliphatic carbocycles. The summed E-state index contributed by atoms with van der Waals surface area (Å²) in [7, 11) is 0. The van der Waals surface area contributed by atoms with Crippen molar-refractivity contribution in [2.75, 3.05) is 18.4 Å². The third-order valence-electron chi connectivity index (χ3n) is 2.22. The zero-order valence-corrected chi connectivity index (χ0v) is 9.88. The summed E-state index contributed by atoms with van der Waals surface area (Å²) >= 11 is 5.92. The van der Waals surface area contributed by atoms with E-state index in [9.17, 15) is 0 Å². The van der Waals surface area contributed by atoms with Gasteiger partial charge in [-0.25, -0.2) is 9.97 Å². The fourth-order valence-corrected chi connectivity index (χ4v) is 1.42. The van der Waals surface area contributed by atoms with E-state index >= 15 is 0 Å². The highest BCUT2D eigenvalue weighted by Crippen LogP contribution is 2.22. The minimum Gasteiger partial charge on any atom is -0.368 e. The molecule has 0 amide bonds. The highest BCUT2D eigenvalue weighted by atomic mass is 35.5. The quantitative estimate of drug-likeness (QED) is 0.808. The first-order valence-corrected chi connectivity index (χ1v) is 5.32. The Hall–Kier alpha value is -0.870. The van der Waals surface area contributed by atoms with Crippen molar-refractivity contribution in [1.29, 1.82) is 0 Å². The van der Waals surface area contributed by atoms with E-state index in [1.165, 1.54) is 6.33 Å². The monoisotopic (exact) mass is 228 g/mol. The van der Waals surface area contributed by atoms with Gasteiger partial charge in [-0.3, -0.25) is 0 Å². The van der Waals surface area contributed by atoms with Crippen LogP contribution in [0.2, 0.25) is 5.02 Å². The lowest BCUT2D eigenvalue weighted by Gasteiger charge is -2.24. The van der Waals surface area contributed by atoms with Crippen molar-refractivity contribution in [3.05, 3.63) is 17.5 Å². The zero-order valence-electron chi connectivity index (χ0n) is 9.13. The van der Waals surface area contributed by atoms with Crippen LogP contribution in [0.5, 0.6) is 0 Å². The van der Waals surface area contributed by atoms with Crippen LogP contribution in [0.3, 0.4) is 0 Å². The molecule has 0 fully saturated rings. The predicted molar refractivity (Wildman–Crippen MR) is 63.0 cm³/mol. The minimum atomic E-state index is 0.142. The molecule has 0 spiro atoms. The summed E-state index contributed by atoms with van der Waals surface area (Å²) in [4.78, 5) is 7.88. The number of nitrogens with one attached hydrogen (secondary N) is 1. The number of nitrogens with two attached hydrogens (primary N) is 1. The summed E-state index contributed by atoms with van der Waals surface area (Å²) < 4.78 is 0. The second-order valence-corrected chi connectivity index (χ2v) is 4.68. The summed E-state index contributed by atoms with van der Waals surface area (Å²) in [5.74, 6) is 0.678. The molecule has 84 valence electrons. The largest absolute Gasteiger partial charge is 0.368 e. The Morgan fingerprint density at radius 1 is 1.53 bits per heavy atom. The Kier molecular flexibility index (Phi) is 4.29. The molecule has 0 aliphatic heterocycles. The van der Waals surface area contributed by atoms with Crippen LogP contribution in [0.1, 0.15) is 20.3 Å². The molecule has 15 heavy (non-hydrogen) atoms. The molecule has 0 aromatic carbocycles. The second kappa shape index (κ2) is 5.28. The van der Waals surface area contributed by atoms with Crippen molar-refractivity contribution in [2.45, 2.75) is 20.3 Å². The smallest absolute Gasteiger partial charge is 0.148 e. The van der Waals surface area contributed by atoms with Crippen molar-refractivity contribution in [3.63, 3.8) is 0 Å². The molecular weight excluding hydrogens is 212 g/mol. The van der Waals surface area contributed by atoms with E-state index in [4.69, 9.17) is 17.3 Å². The van der Waals surface area contributed by atoms with Crippen LogP contribution < -0.4 is 11.1 Å². The highest BCUT2D eigenvalue weighted by Gasteiger charge is 2.17. The van der Waals surface area contributed by atoms with Crippen LogP contribution in [0.15, 0.2) is 12.5 Å². The first-order chi connectivity index (χ1) is 7.05. The van der Waals surface area contributed by atoms with Gasteiger partial charge < -0.3 is 11.1 Å². The maximum atomic E-state index is 5.92. The molecule has 0 bridgehead atoms. The van der Waals surface area contributed by atoms with Gasteiger partial charge in [0.1, 0.15) is 17.2 Å². The lowest BCUT2D eigenvalue weighted by molar-refractivity contribution is 0.365. The molecule has 3 N–H and O–H groups in total. The number of halogens is 1. The number of hydrogen-bond donors (Lipinski definition) is 2. The van der Waals surface area contributed by atoms with Crippen molar-refractivity contribution < 1.29 is 0 Å². The Bertz CT molecular complexity index is 314. The summed E-state index contributed by atoms with van der Waals surface area (Å²) in [5, 5.41) is 3.74. The Morgan fingerprint density at radius 3 is 2.87 bits per heavy atom. The molecule has 0 aliphatic rings. The van der Waals surface area contributed by atoms with Gasteiger partial charge in [0, 0.05) is 6.54 Å². The molecule has 1 rings (SSSR count). The van der Waals surface area contributed by atoms with Gasteiger partial charge in [0.15, 0.2) is 0 Å². The van der Waals surface area contributed by atoms with E-state index < -0.39 is 0 Å². The number of nitrogens with zero attached hydrogens (tertiary/aromatic N) is 2. The van der Waals surface area contributed by atoms with E-state index in [1.54, 1.807) is 6.20 Å². The van der Waals surface area contributed by atoms with Crippen molar-refractivity contribution in [2.24, 2.45) is 11.1 Å². The van der Waals surface area contributed by atoms with Crippen LogP contribution in [-0.2, 0) is 0 Å². The average molecular weight is 229 g/mol. The average Bonchev–Trinajstić information content (AvgIpc) is 2.16. The standard InChI is InChI=1S/C10H17ClN4/c1-10(2,3-4-12)6-14-9-8(11)5-13-7-15-9/h5,7H,3-4,6,12H2,1-2H3,(H,13,14,15). The Morgan fingerprint density at radius 2 is 2.27 bits per heavy atom. The van der Waals surface area contributed by atoms with E-state index in [0.29, 0.717) is 17.4 Å². The Labute approximate surface area is 95.3 Å². The normalized spacial score (nSPS) is 11.5. The molecule has 4 nitrogen and oxygen atoms in total. The van der Waals surface area contributed by atoms with Crippen molar-refractivity contribution >= 4 is 17.4 Å².